The van der Waals surface area contributed by atoms with E-state index in [-0.39, 0.29) is 0 Å². The topological polar surface area (TPSA) is 24.9 Å². The van der Waals surface area contributed by atoms with Gasteiger partial charge in [0.2, 0.25) is 0 Å². The van der Waals surface area contributed by atoms with Crippen molar-refractivity contribution in [3.8, 4) is 0 Å². The minimum absolute atomic E-state index is 0.398. The molecule has 2 aromatic rings. The maximum absolute atomic E-state index is 4.62. The fourth-order valence-electron chi connectivity index (χ4n) is 1.96. The van der Waals surface area contributed by atoms with E-state index >= 15 is 0 Å². The van der Waals surface area contributed by atoms with E-state index < -0.39 is 0 Å². The summed E-state index contributed by atoms with van der Waals surface area (Å²) in [7, 11) is 0. The predicted molar refractivity (Wildman–Crippen MR) is 80.5 cm³/mol. The minimum Gasteiger partial charge on any atom is -0.309 e. The maximum atomic E-state index is 4.62. The number of nitrogens with zero attached hydrogens (tertiary/aromatic N) is 1. The van der Waals surface area contributed by atoms with Gasteiger partial charge in [0.25, 0.3) is 0 Å². The summed E-state index contributed by atoms with van der Waals surface area (Å²) in [6.45, 7) is 5.34. The third-order valence-electron chi connectivity index (χ3n) is 2.94. The Hall–Kier alpha value is -0.710. The summed E-state index contributed by atoms with van der Waals surface area (Å²) < 4.78 is 0. The first kappa shape index (κ1) is 13.7. The molecule has 98 valence electrons. The van der Waals surface area contributed by atoms with Crippen molar-refractivity contribution in [1.82, 2.24) is 10.3 Å². The molecule has 2 rings (SSSR count). The van der Waals surface area contributed by atoms with Gasteiger partial charge in [-0.25, -0.2) is 4.98 Å². The lowest BCUT2D eigenvalue weighted by atomic mass is 10.1. The Morgan fingerprint density at radius 3 is 2.89 bits per heavy atom. The van der Waals surface area contributed by atoms with E-state index in [1.54, 1.807) is 22.7 Å². The van der Waals surface area contributed by atoms with Crippen molar-refractivity contribution in [2.45, 2.75) is 39.2 Å². The molecule has 2 nitrogen and oxygen atoms in total. The van der Waals surface area contributed by atoms with Gasteiger partial charge in [0, 0.05) is 5.38 Å². The molecule has 0 bridgehead atoms. The molecule has 0 aliphatic heterocycles. The van der Waals surface area contributed by atoms with Crippen LogP contribution in [0.2, 0.25) is 0 Å². The Morgan fingerprint density at radius 1 is 1.39 bits per heavy atom. The number of hydrogen-bond donors (Lipinski definition) is 1. The molecule has 0 amide bonds. The fraction of sp³-hybridized carbons (Fsp3) is 0.500. The summed E-state index contributed by atoms with van der Waals surface area (Å²) in [4.78, 5) is 4.62. The van der Waals surface area contributed by atoms with Gasteiger partial charge < -0.3 is 5.32 Å². The number of thiazole rings is 1. The van der Waals surface area contributed by atoms with Crippen molar-refractivity contribution < 1.29 is 0 Å². The monoisotopic (exact) mass is 280 g/mol. The fourth-order valence-corrected chi connectivity index (χ4v) is 3.33. The molecule has 1 unspecified atom stereocenters. The van der Waals surface area contributed by atoms with Gasteiger partial charge in [-0.05, 0) is 55.1 Å². The van der Waals surface area contributed by atoms with Crippen LogP contribution in [-0.2, 0) is 6.42 Å². The quantitative estimate of drug-likeness (QED) is 0.822. The average Bonchev–Trinajstić information content (AvgIpc) is 3.01. The Morgan fingerprint density at radius 2 is 2.28 bits per heavy atom. The van der Waals surface area contributed by atoms with E-state index in [1.165, 1.54) is 11.3 Å². The smallest absolute Gasteiger partial charge is 0.0898 e. The maximum Gasteiger partial charge on any atom is 0.0898 e. The number of thiophene rings is 1. The van der Waals surface area contributed by atoms with Crippen LogP contribution < -0.4 is 5.32 Å². The number of aryl methyl sites for hydroxylation is 2. The van der Waals surface area contributed by atoms with Crippen molar-refractivity contribution in [3.63, 3.8) is 0 Å². The third kappa shape index (κ3) is 3.90. The normalized spacial score (nSPS) is 12.8. The minimum atomic E-state index is 0.398. The summed E-state index contributed by atoms with van der Waals surface area (Å²) in [6, 6.07) is 2.61. The van der Waals surface area contributed by atoms with Crippen LogP contribution in [0.25, 0.3) is 0 Å². The summed E-state index contributed by atoms with van der Waals surface area (Å²) in [5, 5.41) is 11.3. The highest BCUT2D eigenvalue weighted by Gasteiger charge is 2.13. The molecule has 1 atom stereocenters. The second kappa shape index (κ2) is 7.02. The Bertz CT molecular complexity index is 448. The molecule has 0 aliphatic rings. The van der Waals surface area contributed by atoms with Crippen molar-refractivity contribution in [1.29, 1.82) is 0 Å². The number of aromatic nitrogens is 1. The van der Waals surface area contributed by atoms with Crippen molar-refractivity contribution in [2.24, 2.45) is 0 Å². The molecular formula is C14H20N2S2. The van der Waals surface area contributed by atoms with Crippen LogP contribution >= 0.6 is 22.7 Å². The van der Waals surface area contributed by atoms with Crippen LogP contribution in [0, 0.1) is 6.92 Å². The zero-order chi connectivity index (χ0) is 12.8. The van der Waals surface area contributed by atoms with Gasteiger partial charge in [-0.3, -0.25) is 0 Å². The zero-order valence-corrected chi connectivity index (χ0v) is 12.6. The van der Waals surface area contributed by atoms with Gasteiger partial charge in [0.1, 0.15) is 0 Å². The van der Waals surface area contributed by atoms with E-state index in [9.17, 15) is 0 Å². The molecule has 2 aromatic heterocycles. The van der Waals surface area contributed by atoms with Crippen molar-refractivity contribution in [3.05, 3.63) is 38.5 Å². The van der Waals surface area contributed by atoms with Gasteiger partial charge in [0.05, 0.1) is 16.7 Å². The van der Waals surface area contributed by atoms with E-state index in [4.69, 9.17) is 0 Å². The van der Waals surface area contributed by atoms with Gasteiger partial charge in [-0.15, -0.1) is 11.3 Å². The second-order valence-electron chi connectivity index (χ2n) is 4.47. The third-order valence-corrected chi connectivity index (χ3v) is 4.46. The van der Waals surface area contributed by atoms with Crippen LogP contribution in [0.1, 0.15) is 42.1 Å². The van der Waals surface area contributed by atoms with E-state index in [0.717, 1.165) is 30.8 Å². The first-order chi connectivity index (χ1) is 8.79. The van der Waals surface area contributed by atoms with Gasteiger partial charge in [-0.2, -0.15) is 11.3 Å². The number of hydrogen-bond acceptors (Lipinski definition) is 4. The largest absolute Gasteiger partial charge is 0.309 e. The molecular weight excluding hydrogens is 260 g/mol. The first-order valence-corrected chi connectivity index (χ1v) is 8.28. The molecule has 0 saturated carbocycles. The summed E-state index contributed by atoms with van der Waals surface area (Å²) in [5.41, 5.74) is 2.65. The highest BCUT2D eigenvalue weighted by molar-refractivity contribution is 7.09. The second-order valence-corrected chi connectivity index (χ2v) is 6.31. The lowest BCUT2D eigenvalue weighted by Gasteiger charge is -2.16. The molecule has 0 fully saturated rings. The number of nitrogens with one attached hydrogen (secondary N) is 1. The van der Waals surface area contributed by atoms with E-state index in [1.807, 2.05) is 0 Å². The van der Waals surface area contributed by atoms with Crippen LogP contribution in [0.15, 0.2) is 22.2 Å². The molecule has 2 heterocycles. The zero-order valence-electron chi connectivity index (χ0n) is 11.0. The van der Waals surface area contributed by atoms with E-state index in [0.29, 0.717) is 6.04 Å². The Kier molecular flexibility index (Phi) is 5.35. The molecule has 0 aromatic carbocycles. The van der Waals surface area contributed by atoms with Crippen molar-refractivity contribution >= 4 is 22.7 Å². The SMILES string of the molecule is CCCNC(CCc1ccsc1)c1csc(C)n1. The summed E-state index contributed by atoms with van der Waals surface area (Å²) in [6.07, 6.45) is 3.42. The average molecular weight is 280 g/mol. The standard InChI is InChI=1S/C14H20N2S2/c1-3-7-15-13(14-10-18-11(2)16-14)5-4-12-6-8-17-9-12/h6,8-10,13,15H,3-5,7H2,1-2H3. The van der Waals surface area contributed by atoms with Gasteiger partial charge in [0.15, 0.2) is 0 Å². The molecule has 4 heteroatoms. The molecule has 0 spiro atoms. The highest BCUT2D eigenvalue weighted by Crippen LogP contribution is 2.22. The summed E-state index contributed by atoms with van der Waals surface area (Å²) in [5.74, 6) is 0. The van der Waals surface area contributed by atoms with Crippen LogP contribution in [0.3, 0.4) is 0 Å². The lowest BCUT2D eigenvalue weighted by Crippen LogP contribution is -2.23. The van der Waals surface area contributed by atoms with E-state index in [2.05, 4.69) is 46.4 Å². The Labute approximate surface area is 117 Å². The molecule has 1 N–H and O–H groups in total. The first-order valence-electron chi connectivity index (χ1n) is 6.46. The molecule has 0 aliphatic carbocycles. The predicted octanol–water partition coefficient (Wildman–Crippen LogP) is 4.19. The molecule has 0 saturated heterocycles. The molecule has 0 radical (unpaired) electrons. The lowest BCUT2D eigenvalue weighted by molar-refractivity contribution is 0.490. The molecule has 18 heavy (non-hydrogen) atoms. The van der Waals surface area contributed by atoms with Gasteiger partial charge >= 0.3 is 0 Å². The van der Waals surface area contributed by atoms with Crippen LogP contribution in [-0.4, -0.2) is 11.5 Å². The van der Waals surface area contributed by atoms with Crippen LogP contribution in [0.4, 0.5) is 0 Å². The number of rotatable bonds is 7. The Balaban J connectivity index is 1.96. The van der Waals surface area contributed by atoms with Crippen LogP contribution in [0.5, 0.6) is 0 Å². The highest BCUT2D eigenvalue weighted by atomic mass is 32.1. The van der Waals surface area contributed by atoms with Crippen molar-refractivity contribution in [2.75, 3.05) is 6.54 Å². The summed E-state index contributed by atoms with van der Waals surface area (Å²) >= 11 is 3.52. The van der Waals surface area contributed by atoms with Gasteiger partial charge in [-0.1, -0.05) is 6.92 Å².